The van der Waals surface area contributed by atoms with Gasteiger partial charge in [0.05, 0.1) is 19.6 Å². The van der Waals surface area contributed by atoms with Crippen molar-refractivity contribution in [1.29, 1.82) is 0 Å². The van der Waals surface area contributed by atoms with Gasteiger partial charge in [0.15, 0.2) is 11.5 Å². The highest BCUT2D eigenvalue weighted by molar-refractivity contribution is 7.17. The number of methoxy groups -OCH3 is 2. The second kappa shape index (κ2) is 8.10. The molecule has 1 aliphatic heterocycles. The minimum atomic E-state index is -0.198. The maximum Gasteiger partial charge on any atom is 0.244 e. The quantitative estimate of drug-likeness (QED) is 0.619. The third-order valence-electron chi connectivity index (χ3n) is 5.47. The van der Waals surface area contributed by atoms with Crippen LogP contribution in [0.4, 0.5) is 5.82 Å². The van der Waals surface area contributed by atoms with Gasteiger partial charge in [-0.1, -0.05) is 6.07 Å². The van der Waals surface area contributed by atoms with E-state index in [4.69, 9.17) is 14.5 Å². The molecule has 158 valence electrons. The number of amides is 1. The van der Waals surface area contributed by atoms with Gasteiger partial charge in [0.25, 0.3) is 0 Å². The zero-order valence-corrected chi connectivity index (χ0v) is 18.7. The summed E-state index contributed by atoms with van der Waals surface area (Å²) in [7, 11) is 6.87. The fraction of sp³-hybridized carbons (Fsp3) is 0.409. The first-order valence-electron chi connectivity index (χ1n) is 9.90. The number of likely N-dealkylation sites (N-methyl/N-ethyl adjacent to an activating group) is 1. The van der Waals surface area contributed by atoms with E-state index in [0.717, 1.165) is 46.5 Å². The SMILES string of the molecule is COc1ccc(-c2csc3nc(C)nc(N4CCCC4C(=O)N(C)C)c23)cc1OC. The Morgan fingerprint density at radius 3 is 2.67 bits per heavy atom. The molecule has 4 rings (SSSR count). The summed E-state index contributed by atoms with van der Waals surface area (Å²) >= 11 is 1.59. The van der Waals surface area contributed by atoms with Gasteiger partial charge < -0.3 is 19.3 Å². The van der Waals surface area contributed by atoms with E-state index in [2.05, 4.69) is 15.3 Å². The average molecular weight is 427 g/mol. The number of nitrogens with zero attached hydrogens (tertiary/aromatic N) is 4. The van der Waals surface area contributed by atoms with Crippen LogP contribution < -0.4 is 14.4 Å². The molecule has 7 nitrogen and oxygen atoms in total. The number of rotatable bonds is 5. The lowest BCUT2D eigenvalue weighted by Crippen LogP contribution is -2.43. The first-order chi connectivity index (χ1) is 14.4. The van der Waals surface area contributed by atoms with Crippen LogP contribution >= 0.6 is 11.3 Å². The van der Waals surface area contributed by atoms with Gasteiger partial charge in [-0.05, 0) is 37.5 Å². The number of hydrogen-bond acceptors (Lipinski definition) is 7. The first kappa shape index (κ1) is 20.4. The molecule has 1 fully saturated rings. The molecule has 1 atom stereocenters. The molecule has 30 heavy (non-hydrogen) atoms. The maximum atomic E-state index is 12.8. The molecule has 3 aromatic rings. The fourth-order valence-corrected chi connectivity index (χ4v) is 5.01. The Morgan fingerprint density at radius 1 is 1.20 bits per heavy atom. The van der Waals surface area contributed by atoms with Gasteiger partial charge in [0, 0.05) is 31.6 Å². The van der Waals surface area contributed by atoms with E-state index in [9.17, 15) is 4.79 Å². The molecule has 3 heterocycles. The summed E-state index contributed by atoms with van der Waals surface area (Å²) in [5.41, 5.74) is 2.04. The number of hydrogen-bond donors (Lipinski definition) is 0. The summed E-state index contributed by atoms with van der Waals surface area (Å²) in [5.74, 6) is 3.01. The predicted molar refractivity (Wildman–Crippen MR) is 120 cm³/mol. The average Bonchev–Trinajstić information content (AvgIpc) is 3.39. The molecule has 0 N–H and O–H groups in total. The molecule has 1 saturated heterocycles. The van der Waals surface area contributed by atoms with Crippen LogP contribution in [0, 0.1) is 6.92 Å². The number of anilines is 1. The smallest absolute Gasteiger partial charge is 0.244 e. The molecule has 1 amide bonds. The van der Waals surface area contributed by atoms with Crippen molar-refractivity contribution in [2.75, 3.05) is 39.8 Å². The number of aromatic nitrogens is 2. The lowest BCUT2D eigenvalue weighted by molar-refractivity contribution is -0.129. The van der Waals surface area contributed by atoms with E-state index in [1.165, 1.54) is 0 Å². The normalized spacial score (nSPS) is 16.2. The van der Waals surface area contributed by atoms with Gasteiger partial charge in [-0.15, -0.1) is 11.3 Å². The molecule has 0 radical (unpaired) electrons. The molecule has 0 saturated carbocycles. The van der Waals surface area contributed by atoms with Gasteiger partial charge in [-0.25, -0.2) is 9.97 Å². The second-order valence-electron chi connectivity index (χ2n) is 7.58. The van der Waals surface area contributed by atoms with Crippen molar-refractivity contribution in [3.8, 4) is 22.6 Å². The second-order valence-corrected chi connectivity index (χ2v) is 8.44. The van der Waals surface area contributed by atoms with Crippen LogP contribution in [-0.2, 0) is 4.79 Å². The molecule has 8 heteroatoms. The van der Waals surface area contributed by atoms with Crippen LogP contribution in [0.5, 0.6) is 11.5 Å². The van der Waals surface area contributed by atoms with E-state index < -0.39 is 0 Å². The van der Waals surface area contributed by atoms with Gasteiger partial charge >= 0.3 is 0 Å². The molecule has 0 aliphatic carbocycles. The molecular weight excluding hydrogens is 400 g/mol. The third kappa shape index (κ3) is 3.45. The number of thiophene rings is 1. The Hall–Kier alpha value is -2.87. The summed E-state index contributed by atoms with van der Waals surface area (Å²) in [6.07, 6.45) is 1.79. The minimum Gasteiger partial charge on any atom is -0.493 e. The maximum absolute atomic E-state index is 12.8. The summed E-state index contributed by atoms with van der Waals surface area (Å²) in [5, 5.41) is 3.08. The molecule has 1 unspecified atom stereocenters. The molecule has 2 aromatic heterocycles. The van der Waals surface area contributed by atoms with Crippen LogP contribution in [-0.4, -0.2) is 61.7 Å². The standard InChI is InChI=1S/C22H26N4O3S/c1-13-23-20(26-10-6-7-16(26)22(27)25(2)3)19-15(12-30-21(19)24-13)14-8-9-17(28-4)18(11-14)29-5/h8-9,11-12,16H,6-7,10H2,1-5H3. The molecule has 0 spiro atoms. The number of benzene rings is 1. The number of aryl methyl sites for hydroxylation is 1. The van der Waals surface area contributed by atoms with Crippen molar-refractivity contribution >= 4 is 33.3 Å². The Labute approximate surface area is 180 Å². The Balaban J connectivity index is 1.88. The van der Waals surface area contributed by atoms with Crippen molar-refractivity contribution < 1.29 is 14.3 Å². The molecule has 1 aromatic carbocycles. The van der Waals surface area contributed by atoms with Crippen LogP contribution in [0.1, 0.15) is 18.7 Å². The van der Waals surface area contributed by atoms with E-state index in [1.807, 2.05) is 25.1 Å². The van der Waals surface area contributed by atoms with Gasteiger partial charge in [0.2, 0.25) is 5.91 Å². The largest absolute Gasteiger partial charge is 0.493 e. The van der Waals surface area contributed by atoms with E-state index in [0.29, 0.717) is 17.3 Å². The van der Waals surface area contributed by atoms with Crippen molar-refractivity contribution in [2.24, 2.45) is 0 Å². The lowest BCUT2D eigenvalue weighted by atomic mass is 10.0. The highest BCUT2D eigenvalue weighted by Gasteiger charge is 2.34. The van der Waals surface area contributed by atoms with Gasteiger partial charge in [-0.2, -0.15) is 0 Å². The fourth-order valence-electron chi connectivity index (χ4n) is 4.03. The predicted octanol–water partition coefficient (Wildman–Crippen LogP) is 3.74. The van der Waals surface area contributed by atoms with Crippen molar-refractivity contribution in [3.63, 3.8) is 0 Å². The van der Waals surface area contributed by atoms with Gasteiger partial charge in [-0.3, -0.25) is 4.79 Å². The summed E-state index contributed by atoms with van der Waals surface area (Å²) in [6, 6.07) is 5.69. The first-order valence-corrected chi connectivity index (χ1v) is 10.8. The van der Waals surface area contributed by atoms with E-state index in [1.54, 1.807) is 44.6 Å². The Kier molecular flexibility index (Phi) is 5.51. The zero-order valence-electron chi connectivity index (χ0n) is 17.9. The third-order valence-corrected chi connectivity index (χ3v) is 6.34. The number of carbonyl (C=O) groups excluding carboxylic acids is 1. The van der Waals surface area contributed by atoms with E-state index >= 15 is 0 Å². The van der Waals surface area contributed by atoms with Crippen LogP contribution in [0.3, 0.4) is 0 Å². The van der Waals surface area contributed by atoms with Gasteiger partial charge in [0.1, 0.15) is 22.5 Å². The monoisotopic (exact) mass is 426 g/mol. The lowest BCUT2D eigenvalue weighted by Gasteiger charge is -2.28. The zero-order chi connectivity index (χ0) is 21.4. The highest BCUT2D eigenvalue weighted by Crippen LogP contribution is 2.42. The van der Waals surface area contributed by atoms with Crippen molar-refractivity contribution in [1.82, 2.24) is 14.9 Å². The van der Waals surface area contributed by atoms with Crippen molar-refractivity contribution in [3.05, 3.63) is 29.4 Å². The molecular formula is C22H26N4O3S. The van der Waals surface area contributed by atoms with Crippen LogP contribution in [0.2, 0.25) is 0 Å². The summed E-state index contributed by atoms with van der Waals surface area (Å²) < 4.78 is 10.9. The van der Waals surface area contributed by atoms with Crippen molar-refractivity contribution in [2.45, 2.75) is 25.8 Å². The van der Waals surface area contributed by atoms with Crippen LogP contribution in [0.25, 0.3) is 21.3 Å². The summed E-state index contributed by atoms with van der Waals surface area (Å²) in [4.78, 5) is 27.0. The Morgan fingerprint density at radius 2 is 1.97 bits per heavy atom. The minimum absolute atomic E-state index is 0.111. The number of fused-ring (bicyclic) bond motifs is 1. The molecule has 1 aliphatic rings. The number of carbonyl (C=O) groups is 1. The number of ether oxygens (including phenoxy) is 2. The molecule has 0 bridgehead atoms. The summed E-state index contributed by atoms with van der Waals surface area (Å²) in [6.45, 7) is 2.70. The topological polar surface area (TPSA) is 67.8 Å². The van der Waals surface area contributed by atoms with E-state index in [-0.39, 0.29) is 11.9 Å². The van der Waals surface area contributed by atoms with Crippen LogP contribution in [0.15, 0.2) is 23.6 Å². The Bertz CT molecular complexity index is 1100. The highest BCUT2D eigenvalue weighted by atomic mass is 32.1.